The molecule has 6 fully saturated rings. The van der Waals surface area contributed by atoms with Crippen molar-refractivity contribution in [2.24, 2.45) is 23.7 Å². The average molecular weight is 548 g/mol. The summed E-state index contributed by atoms with van der Waals surface area (Å²) in [5, 5.41) is 0. The molecule has 4 aliphatic heterocycles. The van der Waals surface area contributed by atoms with Gasteiger partial charge in [0.25, 0.3) is 0 Å². The van der Waals surface area contributed by atoms with E-state index in [2.05, 4.69) is 33.1 Å². The van der Waals surface area contributed by atoms with Gasteiger partial charge in [-0.3, -0.25) is 0 Å². The Bertz CT molecular complexity index is 959. The van der Waals surface area contributed by atoms with Crippen LogP contribution >= 0.6 is 0 Å². The summed E-state index contributed by atoms with van der Waals surface area (Å²) in [6.45, 7) is 5.90. The summed E-state index contributed by atoms with van der Waals surface area (Å²) in [4.78, 5) is 16.6. The topological polar surface area (TPSA) is 32.8 Å². The number of methoxy groups -OCH3 is 1. The first-order valence-corrected chi connectivity index (χ1v) is 15.0. The van der Waals surface area contributed by atoms with Gasteiger partial charge >= 0.3 is 204 Å². The van der Waals surface area contributed by atoms with Crippen LogP contribution < -0.4 is 26.2 Å². The van der Waals surface area contributed by atoms with Crippen molar-refractivity contribution in [2.75, 3.05) is 26.7 Å². The molecule has 0 N–H and O–H groups in total. The van der Waals surface area contributed by atoms with Crippen LogP contribution in [0.4, 0.5) is 0 Å². The number of fused-ring (bicyclic) bond motifs is 4. The third kappa shape index (κ3) is 2.45. The van der Waals surface area contributed by atoms with Gasteiger partial charge in [-0.2, -0.15) is 0 Å². The number of benzene rings is 1. The van der Waals surface area contributed by atoms with Gasteiger partial charge in [0.15, 0.2) is 0 Å². The first-order chi connectivity index (χ1) is 15.6. The van der Waals surface area contributed by atoms with Gasteiger partial charge < -0.3 is 0 Å². The van der Waals surface area contributed by atoms with Gasteiger partial charge in [0.1, 0.15) is 0 Å². The van der Waals surface area contributed by atoms with Crippen molar-refractivity contribution in [3.63, 3.8) is 0 Å². The number of piperidine rings is 3. The molecular formula is C27H36IN2O2-. The number of amides is 1. The van der Waals surface area contributed by atoms with E-state index in [-0.39, 0.29) is 27.4 Å². The molecule has 3 aliphatic carbocycles. The van der Waals surface area contributed by atoms with Crippen molar-refractivity contribution in [3.8, 4) is 5.75 Å². The summed E-state index contributed by atoms with van der Waals surface area (Å²) in [5.74, 6) is 3.96. The predicted molar refractivity (Wildman–Crippen MR) is 120 cm³/mol. The van der Waals surface area contributed by atoms with Crippen LogP contribution in [0.15, 0.2) is 18.2 Å². The Kier molecular flexibility index (Phi) is 4.56. The fraction of sp³-hybridized carbons (Fsp3) is 0.741. The van der Waals surface area contributed by atoms with E-state index in [4.69, 9.17) is 4.74 Å². The van der Waals surface area contributed by atoms with E-state index in [0.29, 0.717) is 32.6 Å². The number of carbonyl (C=O) groups excluding carboxylic acids is 1. The van der Waals surface area contributed by atoms with E-state index in [0.717, 1.165) is 18.2 Å². The minimum atomic E-state index is -0.270. The number of alkyl halides is 1. The number of aryl methyl sites for hydroxylation is 1. The van der Waals surface area contributed by atoms with Gasteiger partial charge in [-0.25, -0.2) is 0 Å². The van der Waals surface area contributed by atoms with E-state index in [1.165, 1.54) is 64.5 Å². The molecule has 8 rings (SSSR count). The molecule has 4 bridgehead atoms. The third-order valence-electron chi connectivity index (χ3n) is 10.5. The van der Waals surface area contributed by atoms with Crippen LogP contribution in [0.5, 0.6) is 5.75 Å². The number of carbonyl (C=O) groups is 1. The van der Waals surface area contributed by atoms with Crippen LogP contribution in [-0.2, 0) is 16.6 Å². The molecule has 4 saturated heterocycles. The fourth-order valence-electron chi connectivity index (χ4n) is 9.27. The summed E-state index contributed by atoms with van der Waals surface area (Å²) in [6.07, 6.45) is 10.4. The van der Waals surface area contributed by atoms with E-state index < -0.39 is 0 Å². The van der Waals surface area contributed by atoms with Gasteiger partial charge in [0.05, 0.1) is 0 Å². The molecule has 0 radical (unpaired) electrons. The zero-order valence-electron chi connectivity index (χ0n) is 19.5. The van der Waals surface area contributed by atoms with Crippen LogP contribution in [0.3, 0.4) is 0 Å². The first-order valence-electron chi connectivity index (χ1n) is 13.0. The quantitative estimate of drug-likeness (QED) is 0.315. The number of ether oxygens (including phenoxy) is 1. The number of nitrogens with zero attached hydrogens (tertiary/aromatic N) is 2. The van der Waals surface area contributed by atoms with E-state index in [1.807, 2.05) is 0 Å². The Labute approximate surface area is 203 Å². The molecule has 1 aromatic rings. The van der Waals surface area contributed by atoms with Crippen molar-refractivity contribution >= 4 is 5.91 Å². The van der Waals surface area contributed by atoms with Crippen molar-refractivity contribution in [3.05, 3.63) is 29.3 Å². The van der Waals surface area contributed by atoms with E-state index in [9.17, 15) is 4.79 Å². The monoisotopic (exact) mass is 547 g/mol. The van der Waals surface area contributed by atoms with Crippen LogP contribution in [0.1, 0.15) is 63.0 Å². The summed E-state index contributed by atoms with van der Waals surface area (Å²) in [5.41, 5.74) is 3.48. The molecule has 3 unspecified atom stereocenters. The second kappa shape index (κ2) is 7.10. The Morgan fingerprint density at radius 3 is 2.75 bits per heavy atom. The SMILES string of the molecule is COc1ccc2c(c1)[C@]13CCCCC1C1(CC2)[I-]N(C(=O)C2CN4CCC2CC4)[C@@H](C)[C@H]13. The Morgan fingerprint density at radius 2 is 2.00 bits per heavy atom. The number of hydrogen-bond acceptors (Lipinski definition) is 3. The molecule has 32 heavy (non-hydrogen) atoms. The third-order valence-corrected chi connectivity index (χ3v) is 15.2. The van der Waals surface area contributed by atoms with E-state index in [1.54, 1.807) is 18.2 Å². The molecule has 7 aliphatic rings. The molecule has 6 atom stereocenters. The van der Waals surface area contributed by atoms with Crippen LogP contribution in [0.25, 0.3) is 0 Å². The van der Waals surface area contributed by atoms with Crippen LogP contribution in [-0.4, -0.2) is 50.1 Å². The number of hydrogen-bond donors (Lipinski definition) is 0. The summed E-state index contributed by atoms with van der Waals surface area (Å²) < 4.78 is 8.67. The molecule has 4 heterocycles. The molecule has 174 valence electrons. The van der Waals surface area contributed by atoms with Gasteiger partial charge in [-0.05, 0) is 0 Å². The molecule has 1 aromatic carbocycles. The van der Waals surface area contributed by atoms with Gasteiger partial charge in [0.2, 0.25) is 0 Å². The molecular weight excluding hydrogens is 511 g/mol. The van der Waals surface area contributed by atoms with Gasteiger partial charge in [0, 0.05) is 0 Å². The summed E-state index contributed by atoms with van der Waals surface area (Å²) >= 11 is -0.270. The molecule has 1 spiro atoms. The van der Waals surface area contributed by atoms with Gasteiger partial charge in [-0.15, -0.1) is 0 Å². The second-order valence-electron chi connectivity index (χ2n) is 11.5. The standard InChI is InChI=1S/C27H36IN2O2/c1-17-24-26-11-4-3-5-23(26)27(24,12-8-19-6-7-20(32-2)15-22(19)26)28-30(17)25(31)21-16-29-13-9-18(21)10-14-29/h6-7,15,17-18,21,23-24H,3-5,8-14,16H2,1-2H3/q-1/t17-,21?,23?,24-,26+,27?/m0/s1. The molecule has 0 aromatic heterocycles. The Morgan fingerprint density at radius 1 is 1.16 bits per heavy atom. The Balaban J connectivity index is 1.28. The Hall–Kier alpha value is -0.820. The minimum absolute atomic E-state index is 0.270. The molecule has 4 nitrogen and oxygen atoms in total. The van der Waals surface area contributed by atoms with Crippen molar-refractivity contribution < 1.29 is 31.0 Å². The number of rotatable bonds is 2. The molecule has 5 heteroatoms. The molecule has 1 amide bonds. The molecule has 2 saturated carbocycles. The maximum absolute atomic E-state index is 14.0. The van der Waals surface area contributed by atoms with Gasteiger partial charge in [-0.1, -0.05) is 0 Å². The normalized spacial score (nSPS) is 46.1. The average Bonchev–Trinajstić information content (AvgIpc) is 2.95. The first kappa shape index (κ1) is 20.5. The maximum atomic E-state index is 14.0. The fourth-order valence-corrected chi connectivity index (χ4v) is 14.7. The summed E-state index contributed by atoms with van der Waals surface area (Å²) in [6, 6.07) is 7.34. The van der Waals surface area contributed by atoms with E-state index >= 15 is 0 Å². The van der Waals surface area contributed by atoms with Crippen molar-refractivity contribution in [2.45, 2.75) is 73.2 Å². The number of halogens is 1. The van der Waals surface area contributed by atoms with Crippen LogP contribution in [0.2, 0.25) is 0 Å². The van der Waals surface area contributed by atoms with Crippen molar-refractivity contribution in [1.29, 1.82) is 0 Å². The van der Waals surface area contributed by atoms with Crippen LogP contribution in [0, 0.1) is 23.7 Å². The van der Waals surface area contributed by atoms with Crippen molar-refractivity contribution in [1.82, 2.24) is 8.01 Å². The second-order valence-corrected chi connectivity index (χ2v) is 15.0. The zero-order valence-corrected chi connectivity index (χ0v) is 21.6. The zero-order chi connectivity index (χ0) is 21.7. The predicted octanol–water partition coefficient (Wildman–Crippen LogP) is 1.01. The summed E-state index contributed by atoms with van der Waals surface area (Å²) in [7, 11) is 1.80.